The molecule has 112 valence electrons. The fourth-order valence-electron chi connectivity index (χ4n) is 4.19. The highest BCUT2D eigenvalue weighted by atomic mass is 16.2. The summed E-state index contributed by atoms with van der Waals surface area (Å²) in [6, 6.07) is 0.570. The number of hydrogen-bond donors (Lipinski definition) is 1. The Hall–Kier alpha value is -0.900. The summed E-state index contributed by atoms with van der Waals surface area (Å²) in [5.74, 6) is 0.611. The van der Waals surface area contributed by atoms with Gasteiger partial charge in [-0.05, 0) is 50.5 Å². The van der Waals surface area contributed by atoms with Crippen molar-refractivity contribution in [2.24, 2.45) is 11.3 Å². The van der Waals surface area contributed by atoms with Crippen molar-refractivity contribution in [3.8, 4) is 0 Å². The lowest BCUT2D eigenvalue weighted by atomic mass is 9.76. The minimum absolute atomic E-state index is 0.0317. The normalized spacial score (nSPS) is 34.0. The summed E-state index contributed by atoms with van der Waals surface area (Å²) in [7, 11) is 0. The van der Waals surface area contributed by atoms with Crippen molar-refractivity contribution in [3.05, 3.63) is 0 Å². The summed E-state index contributed by atoms with van der Waals surface area (Å²) < 4.78 is 0. The van der Waals surface area contributed by atoms with Gasteiger partial charge in [0.2, 0.25) is 11.8 Å². The van der Waals surface area contributed by atoms with Gasteiger partial charge in [0, 0.05) is 25.4 Å². The number of hydrogen-bond acceptors (Lipinski definition) is 3. The van der Waals surface area contributed by atoms with Crippen LogP contribution < -0.4 is 5.32 Å². The number of nitrogens with zero attached hydrogens (tertiary/aromatic N) is 1. The molecule has 4 nitrogen and oxygen atoms in total. The van der Waals surface area contributed by atoms with Crippen LogP contribution in [-0.2, 0) is 9.59 Å². The first kappa shape index (κ1) is 14.1. The van der Waals surface area contributed by atoms with Crippen molar-refractivity contribution < 1.29 is 9.59 Å². The molecule has 2 aliphatic heterocycles. The summed E-state index contributed by atoms with van der Waals surface area (Å²) >= 11 is 0. The summed E-state index contributed by atoms with van der Waals surface area (Å²) in [4.78, 5) is 26.3. The Morgan fingerprint density at radius 1 is 1.15 bits per heavy atom. The van der Waals surface area contributed by atoms with Crippen LogP contribution in [0.2, 0.25) is 0 Å². The molecule has 0 aromatic rings. The van der Waals surface area contributed by atoms with Crippen LogP contribution in [0.3, 0.4) is 0 Å². The van der Waals surface area contributed by atoms with Gasteiger partial charge in [-0.3, -0.25) is 14.5 Å². The fourth-order valence-corrected chi connectivity index (χ4v) is 4.19. The molecule has 2 saturated heterocycles. The van der Waals surface area contributed by atoms with E-state index in [4.69, 9.17) is 0 Å². The molecule has 20 heavy (non-hydrogen) atoms. The molecule has 1 spiro atoms. The van der Waals surface area contributed by atoms with E-state index in [0.29, 0.717) is 31.3 Å². The number of carbonyl (C=O) groups is 2. The molecule has 2 unspecified atom stereocenters. The van der Waals surface area contributed by atoms with E-state index >= 15 is 0 Å². The molecular formula is C16H26N2O2. The maximum Gasteiger partial charge on any atom is 0.229 e. The molecule has 1 saturated carbocycles. The highest BCUT2D eigenvalue weighted by Gasteiger charge is 2.45. The van der Waals surface area contributed by atoms with E-state index in [1.807, 2.05) is 0 Å². The van der Waals surface area contributed by atoms with Gasteiger partial charge in [0.15, 0.2) is 0 Å². The third kappa shape index (κ3) is 2.76. The van der Waals surface area contributed by atoms with Crippen LogP contribution in [0.1, 0.15) is 58.3 Å². The van der Waals surface area contributed by atoms with Crippen molar-refractivity contribution in [2.75, 3.05) is 13.1 Å². The van der Waals surface area contributed by atoms with E-state index in [0.717, 1.165) is 32.2 Å². The number of likely N-dealkylation sites (tertiary alicyclic amines) is 1. The fraction of sp³-hybridized carbons (Fsp3) is 0.875. The van der Waals surface area contributed by atoms with Crippen LogP contribution in [0.5, 0.6) is 0 Å². The van der Waals surface area contributed by atoms with Gasteiger partial charge in [-0.25, -0.2) is 0 Å². The van der Waals surface area contributed by atoms with Gasteiger partial charge in [-0.1, -0.05) is 12.8 Å². The smallest absolute Gasteiger partial charge is 0.229 e. The average molecular weight is 278 g/mol. The molecule has 2 heterocycles. The summed E-state index contributed by atoms with van der Waals surface area (Å²) in [6.07, 6.45) is 7.99. The molecular weight excluding hydrogens is 252 g/mol. The van der Waals surface area contributed by atoms with E-state index in [1.54, 1.807) is 4.90 Å². The minimum Gasteiger partial charge on any atom is -0.314 e. The number of piperidine rings is 2. The average Bonchev–Trinajstić information content (AvgIpc) is 2.84. The molecule has 3 fully saturated rings. The molecule has 0 radical (unpaired) electrons. The van der Waals surface area contributed by atoms with Gasteiger partial charge in [-0.2, -0.15) is 0 Å². The van der Waals surface area contributed by atoms with E-state index < -0.39 is 0 Å². The van der Waals surface area contributed by atoms with Crippen molar-refractivity contribution in [1.82, 2.24) is 10.2 Å². The molecule has 2 amide bonds. The second-order valence-corrected chi connectivity index (χ2v) is 7.21. The van der Waals surface area contributed by atoms with Gasteiger partial charge in [-0.15, -0.1) is 0 Å². The van der Waals surface area contributed by atoms with Gasteiger partial charge < -0.3 is 5.32 Å². The summed E-state index contributed by atoms with van der Waals surface area (Å²) in [5.41, 5.74) is 0.0317. The molecule has 2 atom stereocenters. The number of rotatable bonds is 2. The minimum atomic E-state index is 0.0317. The topological polar surface area (TPSA) is 49.4 Å². The zero-order valence-electron chi connectivity index (χ0n) is 12.5. The lowest BCUT2D eigenvalue weighted by Gasteiger charge is -2.39. The molecule has 1 N–H and O–H groups in total. The Bertz CT molecular complexity index is 373. The Kier molecular flexibility index (Phi) is 3.85. The third-order valence-corrected chi connectivity index (χ3v) is 5.52. The zero-order chi connectivity index (χ0) is 14.2. The van der Waals surface area contributed by atoms with E-state index in [1.165, 1.54) is 12.8 Å². The number of nitrogens with one attached hydrogen (secondary N) is 1. The molecule has 3 aliphatic rings. The Morgan fingerprint density at radius 2 is 1.80 bits per heavy atom. The van der Waals surface area contributed by atoms with Gasteiger partial charge in [0.25, 0.3) is 0 Å². The Balaban J connectivity index is 1.60. The highest BCUT2D eigenvalue weighted by molar-refractivity contribution is 5.98. The van der Waals surface area contributed by atoms with Crippen LogP contribution >= 0.6 is 0 Å². The van der Waals surface area contributed by atoms with Gasteiger partial charge in [0.1, 0.15) is 0 Å². The Morgan fingerprint density at radius 3 is 2.35 bits per heavy atom. The highest BCUT2D eigenvalue weighted by Crippen LogP contribution is 2.47. The predicted octanol–water partition coefficient (Wildman–Crippen LogP) is 2.08. The van der Waals surface area contributed by atoms with Crippen molar-refractivity contribution in [2.45, 2.75) is 64.3 Å². The van der Waals surface area contributed by atoms with Crippen molar-refractivity contribution in [3.63, 3.8) is 0 Å². The summed E-state index contributed by atoms with van der Waals surface area (Å²) in [6.45, 7) is 3.76. The third-order valence-electron chi connectivity index (χ3n) is 5.52. The molecule has 0 aromatic heterocycles. The first-order chi connectivity index (χ1) is 9.58. The first-order valence-electron chi connectivity index (χ1n) is 8.15. The van der Waals surface area contributed by atoms with Crippen LogP contribution in [0, 0.1) is 11.3 Å². The number of amides is 2. The molecule has 4 heteroatoms. The van der Waals surface area contributed by atoms with Gasteiger partial charge >= 0.3 is 0 Å². The number of imide groups is 1. The zero-order valence-corrected chi connectivity index (χ0v) is 12.5. The SMILES string of the molecule is CC1CCC(CN2C(=O)CC3(CCCC3)CC2=O)CN1. The standard InChI is InChI=1S/C16H26N2O2/c1-12-4-5-13(10-17-12)11-18-14(19)8-16(9-15(18)20)6-2-3-7-16/h12-13,17H,2-11H2,1H3. The second kappa shape index (κ2) is 5.47. The van der Waals surface area contributed by atoms with Crippen molar-refractivity contribution in [1.29, 1.82) is 0 Å². The summed E-state index contributed by atoms with van der Waals surface area (Å²) in [5, 5.41) is 3.45. The molecule has 0 aromatic carbocycles. The lowest BCUT2D eigenvalue weighted by Crippen LogP contribution is -2.51. The largest absolute Gasteiger partial charge is 0.314 e. The first-order valence-corrected chi connectivity index (χ1v) is 8.15. The maximum absolute atomic E-state index is 12.4. The van der Waals surface area contributed by atoms with E-state index in [9.17, 15) is 9.59 Å². The molecule has 0 bridgehead atoms. The monoisotopic (exact) mass is 278 g/mol. The molecule has 1 aliphatic carbocycles. The van der Waals surface area contributed by atoms with Crippen LogP contribution in [0.4, 0.5) is 0 Å². The van der Waals surface area contributed by atoms with E-state index in [-0.39, 0.29) is 17.2 Å². The predicted molar refractivity (Wildman–Crippen MR) is 77.0 cm³/mol. The number of carbonyl (C=O) groups excluding carboxylic acids is 2. The Labute approximate surface area is 121 Å². The maximum atomic E-state index is 12.4. The van der Waals surface area contributed by atoms with Crippen LogP contribution in [-0.4, -0.2) is 35.8 Å². The molecule has 3 rings (SSSR count). The van der Waals surface area contributed by atoms with Crippen molar-refractivity contribution >= 4 is 11.8 Å². The quantitative estimate of drug-likeness (QED) is 0.787. The van der Waals surface area contributed by atoms with Gasteiger partial charge in [0.05, 0.1) is 0 Å². The van der Waals surface area contributed by atoms with Crippen LogP contribution in [0.25, 0.3) is 0 Å². The second-order valence-electron chi connectivity index (χ2n) is 7.21. The van der Waals surface area contributed by atoms with Crippen LogP contribution in [0.15, 0.2) is 0 Å². The van der Waals surface area contributed by atoms with E-state index in [2.05, 4.69) is 12.2 Å². The lowest BCUT2D eigenvalue weighted by molar-refractivity contribution is -0.154.